The van der Waals surface area contributed by atoms with Crippen molar-refractivity contribution in [3.05, 3.63) is 0 Å². The van der Waals surface area contributed by atoms with Crippen LogP contribution in [-0.2, 0) is 8.85 Å². The van der Waals surface area contributed by atoms with E-state index in [1.165, 1.54) is 25.7 Å². The Bertz CT molecular complexity index is 204. The van der Waals surface area contributed by atoms with Crippen LogP contribution in [0.15, 0.2) is 4.99 Å². The van der Waals surface area contributed by atoms with Crippen molar-refractivity contribution < 1.29 is 8.85 Å². The van der Waals surface area contributed by atoms with Crippen LogP contribution in [0.3, 0.4) is 0 Å². The van der Waals surface area contributed by atoms with Crippen LogP contribution >= 0.6 is 0 Å². The fourth-order valence-corrected chi connectivity index (χ4v) is 4.18. The van der Waals surface area contributed by atoms with Gasteiger partial charge < -0.3 is 8.85 Å². The zero-order valence-corrected chi connectivity index (χ0v) is 13.7. The molecule has 0 N–H and O–H groups in total. The van der Waals surface area contributed by atoms with Crippen molar-refractivity contribution in [2.24, 2.45) is 4.99 Å². The summed E-state index contributed by atoms with van der Waals surface area (Å²) >= 11 is 0. The third-order valence-electron chi connectivity index (χ3n) is 2.90. The molecule has 0 aromatic carbocycles. The van der Waals surface area contributed by atoms with E-state index >= 15 is 0 Å². The van der Waals surface area contributed by atoms with Gasteiger partial charge in [-0.2, -0.15) is 0 Å². The van der Waals surface area contributed by atoms with Gasteiger partial charge >= 0.3 is 8.56 Å². The zero-order chi connectivity index (χ0) is 13.7. The molecule has 0 saturated carbocycles. The summed E-state index contributed by atoms with van der Waals surface area (Å²) in [5.74, 6) is 0. The van der Waals surface area contributed by atoms with Crippen molar-refractivity contribution in [1.82, 2.24) is 0 Å². The molecular weight excluding hydrogens is 242 g/mol. The molecule has 3 nitrogen and oxygen atoms in total. The highest BCUT2D eigenvalue weighted by molar-refractivity contribution is 6.66. The van der Waals surface area contributed by atoms with Crippen molar-refractivity contribution in [1.29, 1.82) is 0 Å². The number of nitrogens with zero attached hydrogens (tertiary/aromatic N) is 1. The van der Waals surface area contributed by atoms with Crippen molar-refractivity contribution in [3.8, 4) is 0 Å². The summed E-state index contributed by atoms with van der Waals surface area (Å²) in [6, 6.07) is 1.01. The fourth-order valence-electron chi connectivity index (χ4n) is 1.94. The molecule has 0 aliphatic carbocycles. The van der Waals surface area contributed by atoms with Crippen molar-refractivity contribution in [2.45, 2.75) is 65.5 Å². The van der Waals surface area contributed by atoms with Crippen molar-refractivity contribution in [2.75, 3.05) is 19.8 Å². The van der Waals surface area contributed by atoms with Crippen LogP contribution in [-0.4, -0.2) is 34.5 Å². The summed E-state index contributed by atoms with van der Waals surface area (Å²) in [6.45, 7) is 10.9. The molecule has 0 amide bonds. The van der Waals surface area contributed by atoms with Gasteiger partial charge in [-0.3, -0.25) is 4.99 Å². The Balaban J connectivity index is 3.68. The van der Waals surface area contributed by atoms with Gasteiger partial charge in [-0.1, -0.05) is 26.2 Å². The Kier molecular flexibility index (Phi) is 11.7. The van der Waals surface area contributed by atoms with Gasteiger partial charge in [0.15, 0.2) is 0 Å². The number of hydrogen-bond acceptors (Lipinski definition) is 3. The van der Waals surface area contributed by atoms with Crippen LogP contribution in [0.1, 0.15) is 52.9 Å². The molecule has 0 aromatic heterocycles. The van der Waals surface area contributed by atoms with E-state index in [1.54, 1.807) is 0 Å². The number of hydrogen-bond donors (Lipinski definition) is 0. The van der Waals surface area contributed by atoms with E-state index in [1.807, 2.05) is 13.8 Å². The predicted octanol–water partition coefficient (Wildman–Crippen LogP) is 4.17. The van der Waals surface area contributed by atoms with Gasteiger partial charge in [0.2, 0.25) is 0 Å². The SMILES string of the molecule is CCCCCCN=CCC[Si](C)(OCC)OCC. The first kappa shape index (κ1) is 17.8. The van der Waals surface area contributed by atoms with Crippen molar-refractivity contribution in [3.63, 3.8) is 0 Å². The molecule has 0 aliphatic heterocycles. The zero-order valence-electron chi connectivity index (χ0n) is 12.7. The maximum atomic E-state index is 5.78. The van der Waals surface area contributed by atoms with Gasteiger partial charge in [0.1, 0.15) is 0 Å². The van der Waals surface area contributed by atoms with Crippen LogP contribution in [0.5, 0.6) is 0 Å². The van der Waals surface area contributed by atoms with E-state index in [9.17, 15) is 0 Å². The molecule has 0 aromatic rings. The smallest absolute Gasteiger partial charge is 0.335 e. The highest BCUT2D eigenvalue weighted by atomic mass is 28.4. The molecule has 0 aliphatic rings. The second-order valence-corrected chi connectivity index (χ2v) is 8.03. The lowest BCUT2D eigenvalue weighted by Crippen LogP contribution is -2.38. The van der Waals surface area contributed by atoms with Crippen LogP contribution in [0.25, 0.3) is 0 Å². The van der Waals surface area contributed by atoms with E-state index < -0.39 is 8.56 Å². The lowest BCUT2D eigenvalue weighted by Gasteiger charge is -2.25. The van der Waals surface area contributed by atoms with Crippen LogP contribution in [0.2, 0.25) is 12.6 Å². The Morgan fingerprint density at radius 2 is 1.67 bits per heavy atom. The summed E-state index contributed by atoms with van der Waals surface area (Å²) in [6.07, 6.45) is 8.17. The fraction of sp³-hybridized carbons (Fsp3) is 0.929. The molecule has 0 rings (SSSR count). The quantitative estimate of drug-likeness (QED) is 0.303. The number of aliphatic imine (C=N–C) groups is 1. The molecule has 0 heterocycles. The molecule has 108 valence electrons. The minimum atomic E-state index is -1.92. The summed E-state index contributed by atoms with van der Waals surface area (Å²) in [5.41, 5.74) is 0. The molecule has 0 atom stereocenters. The Morgan fingerprint density at radius 3 is 2.22 bits per heavy atom. The average molecular weight is 273 g/mol. The average Bonchev–Trinajstić information content (AvgIpc) is 2.33. The van der Waals surface area contributed by atoms with Crippen LogP contribution in [0, 0.1) is 0 Å². The third-order valence-corrected chi connectivity index (χ3v) is 5.89. The summed E-state index contributed by atoms with van der Waals surface area (Å²) in [5, 5.41) is 0. The second kappa shape index (κ2) is 11.9. The first-order chi connectivity index (χ1) is 8.68. The van der Waals surface area contributed by atoms with Gasteiger partial charge in [-0.15, -0.1) is 0 Å². The molecule has 0 bridgehead atoms. The Morgan fingerprint density at radius 1 is 1.00 bits per heavy atom. The maximum absolute atomic E-state index is 5.78. The number of rotatable bonds is 12. The van der Waals surface area contributed by atoms with E-state index in [2.05, 4.69) is 24.7 Å². The van der Waals surface area contributed by atoms with Gasteiger partial charge in [-0.05, 0) is 45.5 Å². The first-order valence-corrected chi connectivity index (χ1v) is 9.97. The molecule has 0 saturated heterocycles. The minimum Gasteiger partial charge on any atom is -0.395 e. The van der Waals surface area contributed by atoms with Crippen LogP contribution < -0.4 is 0 Å². The largest absolute Gasteiger partial charge is 0.395 e. The molecule has 0 unspecified atom stereocenters. The molecule has 18 heavy (non-hydrogen) atoms. The third kappa shape index (κ3) is 9.80. The maximum Gasteiger partial charge on any atom is 0.335 e. The van der Waals surface area contributed by atoms with Gasteiger partial charge in [-0.25, -0.2) is 0 Å². The van der Waals surface area contributed by atoms with Gasteiger partial charge in [0.25, 0.3) is 0 Å². The molecule has 0 fully saturated rings. The molecular formula is C14H31NO2Si. The monoisotopic (exact) mass is 273 g/mol. The number of unbranched alkanes of at least 4 members (excludes halogenated alkanes) is 3. The van der Waals surface area contributed by atoms with Crippen LogP contribution in [0.4, 0.5) is 0 Å². The predicted molar refractivity (Wildman–Crippen MR) is 81.8 cm³/mol. The summed E-state index contributed by atoms with van der Waals surface area (Å²) in [7, 11) is -1.92. The van der Waals surface area contributed by atoms with E-state index in [0.29, 0.717) is 0 Å². The highest BCUT2D eigenvalue weighted by Crippen LogP contribution is 2.15. The molecule has 0 spiro atoms. The Labute approximate surface area is 114 Å². The Hall–Kier alpha value is -0.193. The topological polar surface area (TPSA) is 30.8 Å². The molecule has 0 radical (unpaired) electrons. The lowest BCUT2D eigenvalue weighted by molar-refractivity contribution is 0.189. The summed E-state index contributed by atoms with van der Waals surface area (Å²) in [4.78, 5) is 4.45. The van der Waals surface area contributed by atoms with Gasteiger partial charge in [0, 0.05) is 19.8 Å². The second-order valence-electron chi connectivity index (χ2n) is 4.69. The van der Waals surface area contributed by atoms with E-state index in [4.69, 9.17) is 8.85 Å². The van der Waals surface area contributed by atoms with E-state index in [0.717, 1.165) is 32.2 Å². The lowest BCUT2D eigenvalue weighted by atomic mass is 10.2. The highest BCUT2D eigenvalue weighted by Gasteiger charge is 2.29. The summed E-state index contributed by atoms with van der Waals surface area (Å²) < 4.78 is 11.6. The van der Waals surface area contributed by atoms with Crippen molar-refractivity contribution >= 4 is 14.8 Å². The van der Waals surface area contributed by atoms with Gasteiger partial charge in [0.05, 0.1) is 0 Å². The van der Waals surface area contributed by atoms with E-state index in [-0.39, 0.29) is 0 Å². The molecule has 4 heteroatoms. The normalized spacial score (nSPS) is 12.4. The first-order valence-electron chi connectivity index (χ1n) is 7.44. The minimum absolute atomic E-state index is 0.747. The standard InChI is InChI=1S/C14H31NO2Si/c1-5-8-9-10-12-15-13-11-14-18(4,16-6-2)17-7-3/h13H,5-12,14H2,1-4H3.